The van der Waals surface area contributed by atoms with E-state index in [0.717, 1.165) is 6.20 Å². The van der Waals surface area contributed by atoms with Crippen LogP contribution in [0.4, 0.5) is 0 Å². The Balaban J connectivity index is 0. The van der Waals surface area contributed by atoms with Crippen LogP contribution in [0.5, 0.6) is 0 Å². The number of nitrogens with zero attached hydrogens (tertiary/aromatic N) is 1. The van der Waals surface area contributed by atoms with Crippen molar-refractivity contribution in [2.45, 2.75) is 24.5 Å². The first-order valence-electron chi connectivity index (χ1n) is 8.52. The van der Waals surface area contributed by atoms with E-state index in [4.69, 9.17) is 15.4 Å². The molecule has 24 heteroatoms. The topological polar surface area (TPSA) is 299 Å². The van der Waals surface area contributed by atoms with E-state index in [1.54, 1.807) is 0 Å². The molecule has 2 rings (SSSR count). The summed E-state index contributed by atoms with van der Waals surface area (Å²) in [5.41, 5.74) is 3.35. The van der Waals surface area contributed by atoms with Crippen LogP contribution < -0.4 is 120 Å². The third-order valence-electron chi connectivity index (χ3n) is 3.84. The van der Waals surface area contributed by atoms with Crippen LogP contribution in [0.2, 0.25) is 0 Å². The molecule has 1 fully saturated rings. The summed E-state index contributed by atoms with van der Waals surface area (Å²) in [6, 6.07) is 0. The summed E-state index contributed by atoms with van der Waals surface area (Å²) in [6.07, 6.45) is -3.46. The Bertz CT molecular complexity index is 1160. The smallest absolute Gasteiger partial charge is 0.756 e. The number of aromatic amines is 1. The molecule has 7 unspecified atom stereocenters. The van der Waals surface area contributed by atoms with E-state index in [-0.39, 0.29) is 101 Å². The van der Waals surface area contributed by atoms with Crippen LogP contribution in [0.25, 0.3) is 6.08 Å². The van der Waals surface area contributed by atoms with Gasteiger partial charge in [-0.1, -0.05) is 12.2 Å². The van der Waals surface area contributed by atoms with Gasteiger partial charge in [0.15, 0.2) is 6.23 Å². The van der Waals surface area contributed by atoms with Gasteiger partial charge < -0.3 is 44.8 Å². The molecule has 1 aromatic rings. The Morgan fingerprint density at radius 2 is 1.67 bits per heavy atom. The molecule has 0 radical (unpaired) electrons. The minimum atomic E-state index is -6.13. The molecule has 1 saturated heterocycles. The van der Waals surface area contributed by atoms with Gasteiger partial charge >= 0.3 is 94.4 Å². The number of aliphatic hydroxyl groups is 2. The van der Waals surface area contributed by atoms with E-state index in [2.05, 4.69) is 13.1 Å². The zero-order valence-corrected chi connectivity index (χ0v) is 27.7. The summed E-state index contributed by atoms with van der Waals surface area (Å²) >= 11 is 0. The van der Waals surface area contributed by atoms with Gasteiger partial charge in [0.05, 0.1) is 12.2 Å². The van der Waals surface area contributed by atoms with Crippen LogP contribution in [0.1, 0.15) is 11.8 Å². The van der Waals surface area contributed by atoms with Crippen molar-refractivity contribution >= 4 is 29.5 Å². The number of aliphatic hydroxyl groups excluding tert-OH is 2. The maximum Gasteiger partial charge on any atom is 1.00 e. The molecule has 0 spiro atoms. The van der Waals surface area contributed by atoms with Gasteiger partial charge in [-0.2, -0.15) is 0 Å². The quantitative estimate of drug-likeness (QED) is 0.122. The molecule has 188 valence electrons. The van der Waals surface area contributed by atoms with Gasteiger partial charge in [0.25, 0.3) is 29.0 Å². The van der Waals surface area contributed by atoms with Crippen molar-refractivity contribution in [3.63, 3.8) is 0 Å². The Kier molecular flexibility index (Phi) is 17.9. The summed E-state index contributed by atoms with van der Waals surface area (Å²) in [5, 5.41) is 20.2. The number of rotatable bonds is 10. The van der Waals surface area contributed by atoms with Gasteiger partial charge in [0.2, 0.25) is 0 Å². The Hall–Kier alpha value is 1.67. The minimum Gasteiger partial charge on any atom is -0.756 e. The zero-order valence-electron chi connectivity index (χ0n) is 19.1. The number of nitrogens with two attached hydrogens (primary N) is 1. The number of phosphoric acid groups is 3. The van der Waals surface area contributed by atoms with E-state index in [1.807, 2.05) is 4.98 Å². The van der Waals surface area contributed by atoms with Crippen LogP contribution >= 0.6 is 23.5 Å². The third kappa shape index (κ3) is 12.0. The van der Waals surface area contributed by atoms with Crippen molar-refractivity contribution in [3.05, 3.63) is 38.7 Å². The zero-order chi connectivity index (χ0) is 25.2. The Morgan fingerprint density at radius 1 is 1.08 bits per heavy atom. The maximum absolute atomic E-state index is 12.1. The predicted molar refractivity (Wildman–Crippen MR) is 98.5 cm³/mol. The SMILES string of the molecule is NCC=Cc1cn(C2OC(COP(=O)([O-])OP(=O)([O-])OP(=O)([O-])O)C(O)C2O)c(=O)[nH]c1=O.[Na+].[Na+].[Na+]. The normalized spacial score (nSPS) is 26.5. The fourth-order valence-electron chi connectivity index (χ4n) is 2.55. The fourth-order valence-corrected chi connectivity index (χ4v) is 5.45. The largest absolute Gasteiger partial charge is 1.00 e. The number of ether oxygens (including phenoxy) is 1. The standard InChI is InChI=1S/C12H20N3O15P3.3Na/c13-3-1-2-6-4-15(12(19)14-10(6)18)11-9(17)8(16)7(28-11)5-27-32(23,24)30-33(25,26)29-31(20,21)22;;;/h1-2,4,7-9,11,16-17H,3,5,13H2,(H,23,24)(H,25,26)(H,14,18,19)(H2,20,21,22);;;/q;3*+1/p-3. The molecule has 0 bridgehead atoms. The average molecular weight is 605 g/mol. The van der Waals surface area contributed by atoms with Gasteiger partial charge in [-0.15, -0.1) is 0 Å². The molecule has 1 aliphatic rings. The van der Waals surface area contributed by atoms with Crippen molar-refractivity contribution in [3.8, 4) is 0 Å². The molecule has 2 heterocycles. The van der Waals surface area contributed by atoms with Crippen molar-refractivity contribution in [2.24, 2.45) is 5.73 Å². The number of phosphoric ester groups is 1. The molecule has 0 aliphatic carbocycles. The molecule has 7 atom stereocenters. The fraction of sp³-hybridized carbons (Fsp3) is 0.500. The summed E-state index contributed by atoms with van der Waals surface area (Å²) in [7, 11) is -17.9. The Morgan fingerprint density at radius 3 is 2.19 bits per heavy atom. The van der Waals surface area contributed by atoms with Gasteiger partial charge in [-0.05, 0) is 0 Å². The van der Waals surface area contributed by atoms with E-state index >= 15 is 0 Å². The van der Waals surface area contributed by atoms with Crippen LogP contribution in [0.15, 0.2) is 21.9 Å². The first-order chi connectivity index (χ1) is 15.1. The molecule has 1 aromatic heterocycles. The third-order valence-corrected chi connectivity index (χ3v) is 7.53. The van der Waals surface area contributed by atoms with Crippen LogP contribution in [0.3, 0.4) is 0 Å². The van der Waals surface area contributed by atoms with E-state index < -0.39 is 65.9 Å². The first-order valence-corrected chi connectivity index (χ1v) is 12.9. The number of hydrogen-bond acceptors (Lipinski definition) is 15. The molecule has 0 aromatic carbocycles. The summed E-state index contributed by atoms with van der Waals surface area (Å²) in [4.78, 5) is 67.4. The first kappa shape index (κ1) is 39.8. The summed E-state index contributed by atoms with van der Waals surface area (Å²) in [6.45, 7) is -1.12. The van der Waals surface area contributed by atoms with Gasteiger partial charge in [-0.3, -0.25) is 28.0 Å². The van der Waals surface area contributed by atoms with Crippen LogP contribution in [-0.4, -0.2) is 56.1 Å². The molecule has 36 heavy (non-hydrogen) atoms. The summed E-state index contributed by atoms with van der Waals surface area (Å²) in [5.74, 6) is 0. The number of nitrogens with one attached hydrogen (secondary N) is 1. The van der Waals surface area contributed by atoms with Crippen molar-refractivity contribution < 1.29 is 150 Å². The molecular formula is C12H17N3Na3O15P3. The molecule has 18 nitrogen and oxygen atoms in total. The second-order valence-electron chi connectivity index (χ2n) is 6.26. The van der Waals surface area contributed by atoms with Crippen LogP contribution in [-0.2, 0) is 31.6 Å². The number of hydrogen-bond donors (Lipinski definition) is 5. The second-order valence-corrected chi connectivity index (χ2v) is 10.5. The number of aromatic nitrogens is 2. The predicted octanol–water partition coefficient (Wildman–Crippen LogP) is -13.4. The van der Waals surface area contributed by atoms with Gasteiger partial charge in [-0.25, -0.2) is 13.4 Å². The average Bonchev–Trinajstić information content (AvgIpc) is 2.91. The molecule has 6 N–H and O–H groups in total. The van der Waals surface area contributed by atoms with Gasteiger partial charge in [0, 0.05) is 12.7 Å². The Labute approximate surface area is 268 Å². The monoisotopic (exact) mass is 605 g/mol. The number of H-pyrrole nitrogens is 1. The van der Waals surface area contributed by atoms with E-state index in [1.165, 1.54) is 12.2 Å². The molecular weight excluding hydrogens is 588 g/mol. The summed E-state index contributed by atoms with van der Waals surface area (Å²) < 4.78 is 49.8. The second kappa shape index (κ2) is 16.2. The van der Waals surface area contributed by atoms with Crippen molar-refractivity contribution in [1.82, 2.24) is 9.55 Å². The van der Waals surface area contributed by atoms with Crippen LogP contribution in [0, 0.1) is 0 Å². The van der Waals surface area contributed by atoms with E-state index in [9.17, 15) is 48.2 Å². The molecule has 1 aliphatic heterocycles. The van der Waals surface area contributed by atoms with Crippen molar-refractivity contribution in [2.75, 3.05) is 13.2 Å². The van der Waals surface area contributed by atoms with Crippen molar-refractivity contribution in [1.29, 1.82) is 0 Å². The van der Waals surface area contributed by atoms with E-state index in [0.29, 0.717) is 4.57 Å². The molecule has 0 saturated carbocycles. The molecule has 0 amide bonds. The van der Waals surface area contributed by atoms with Gasteiger partial charge in [0.1, 0.15) is 18.3 Å². The minimum absolute atomic E-state index is 0. The maximum atomic E-state index is 12.1.